The van der Waals surface area contributed by atoms with Gasteiger partial charge in [0.2, 0.25) is 0 Å². The molecule has 0 bridgehead atoms. The van der Waals surface area contributed by atoms with Crippen LogP contribution >= 0.6 is 11.3 Å². The predicted octanol–water partition coefficient (Wildman–Crippen LogP) is 4.87. The van der Waals surface area contributed by atoms with Crippen molar-refractivity contribution in [2.24, 2.45) is 4.40 Å². The van der Waals surface area contributed by atoms with Gasteiger partial charge in [0.15, 0.2) is 4.90 Å². The van der Waals surface area contributed by atoms with Crippen molar-refractivity contribution in [3.05, 3.63) is 77.2 Å². The maximum atomic E-state index is 12.1. The number of aryl methyl sites for hydroxylation is 1. The molecule has 0 aliphatic heterocycles. The van der Waals surface area contributed by atoms with Crippen molar-refractivity contribution in [2.45, 2.75) is 11.8 Å². The van der Waals surface area contributed by atoms with Gasteiger partial charge in [0.05, 0.1) is 11.1 Å². The third-order valence-electron chi connectivity index (χ3n) is 3.18. The minimum Gasteiger partial charge on any atom is -0.586 e. The van der Waals surface area contributed by atoms with Gasteiger partial charge in [-0.05, 0) is 36.8 Å². The summed E-state index contributed by atoms with van der Waals surface area (Å²) in [7, 11) is 0. The van der Waals surface area contributed by atoms with E-state index >= 15 is 0 Å². The molecule has 3 rings (SSSR count). The lowest BCUT2D eigenvalue weighted by Crippen LogP contribution is -1.97. The average Bonchev–Trinajstić information content (AvgIpc) is 3.03. The van der Waals surface area contributed by atoms with Gasteiger partial charge in [-0.2, -0.15) is 0 Å². The molecule has 0 amide bonds. The largest absolute Gasteiger partial charge is 0.586 e. The Hall–Kier alpha value is -1.88. The molecule has 4 heteroatoms. The molecule has 0 spiro atoms. The molecule has 3 aromatic rings. The fourth-order valence-corrected chi connectivity index (χ4v) is 3.65. The first-order valence-corrected chi connectivity index (χ1v) is 8.82. The monoisotopic (exact) mass is 325 g/mol. The second kappa shape index (κ2) is 6.92. The molecule has 0 N–H and O–H groups in total. The molecule has 0 saturated carbocycles. The summed E-state index contributed by atoms with van der Waals surface area (Å²) in [5, 5.41) is 0. The second-order valence-corrected chi connectivity index (χ2v) is 7.16. The molecule has 22 heavy (non-hydrogen) atoms. The summed E-state index contributed by atoms with van der Waals surface area (Å²) >= 11 is 0.291. The van der Waals surface area contributed by atoms with Crippen molar-refractivity contribution in [3.8, 4) is 10.4 Å². The minimum absolute atomic E-state index is 0.724. The van der Waals surface area contributed by atoms with Crippen molar-refractivity contribution in [1.29, 1.82) is 0 Å². The third kappa shape index (κ3) is 3.65. The second-order valence-electron chi connectivity index (χ2n) is 4.86. The topological polar surface area (TPSA) is 35.4 Å². The Labute approximate surface area is 137 Å². The van der Waals surface area contributed by atoms with Crippen LogP contribution in [0.2, 0.25) is 0 Å². The molecule has 0 aliphatic rings. The molecule has 2 aromatic carbocycles. The van der Waals surface area contributed by atoms with Gasteiger partial charge in [0.25, 0.3) is 0 Å². The van der Waals surface area contributed by atoms with Crippen LogP contribution in [0.3, 0.4) is 0 Å². The first-order valence-electron chi connectivity index (χ1n) is 6.90. The van der Waals surface area contributed by atoms with E-state index in [9.17, 15) is 4.55 Å². The minimum atomic E-state index is -1.35. The summed E-state index contributed by atoms with van der Waals surface area (Å²) in [6.45, 7) is 2.01. The van der Waals surface area contributed by atoms with E-state index in [1.807, 2.05) is 55.5 Å². The van der Waals surface area contributed by atoms with Crippen LogP contribution in [0.4, 0.5) is 0 Å². The van der Waals surface area contributed by atoms with Crippen molar-refractivity contribution in [2.75, 3.05) is 0 Å². The third-order valence-corrected chi connectivity index (χ3v) is 5.22. The highest BCUT2D eigenvalue weighted by molar-refractivity contribution is 7.90. The maximum absolute atomic E-state index is 12.1. The van der Waals surface area contributed by atoms with Crippen molar-refractivity contribution >= 4 is 28.9 Å². The molecule has 0 saturated heterocycles. The lowest BCUT2D eigenvalue weighted by molar-refractivity contribution is 0.597. The zero-order valence-electron chi connectivity index (χ0n) is 12.1. The van der Waals surface area contributed by atoms with E-state index in [1.165, 1.54) is 10.4 Å². The fraction of sp³-hybridized carbons (Fsp3) is 0.0556. The van der Waals surface area contributed by atoms with Crippen LogP contribution in [0.15, 0.2) is 76.0 Å². The lowest BCUT2D eigenvalue weighted by Gasteiger charge is -2.02. The highest BCUT2D eigenvalue weighted by atomic mass is 32.2. The molecule has 1 unspecified atom stereocenters. The standard InChI is InChI=1S/C18H15NOS2/c1-14-7-10-17(11-8-14)22(20)19-13-16-9-12-18(21-16)15-5-3-2-4-6-15/h2-13H,1H3. The number of hydrogen-bond donors (Lipinski definition) is 0. The molecule has 1 heterocycles. The van der Waals surface area contributed by atoms with Crippen molar-refractivity contribution in [3.63, 3.8) is 0 Å². The Morgan fingerprint density at radius 2 is 1.68 bits per heavy atom. The van der Waals surface area contributed by atoms with E-state index in [0.717, 1.165) is 15.3 Å². The number of rotatable bonds is 4. The van der Waals surface area contributed by atoms with Gasteiger partial charge in [-0.15, -0.1) is 11.3 Å². The van der Waals surface area contributed by atoms with Gasteiger partial charge < -0.3 is 4.55 Å². The lowest BCUT2D eigenvalue weighted by atomic mass is 10.2. The van der Waals surface area contributed by atoms with Gasteiger partial charge in [-0.25, -0.2) is 0 Å². The molecule has 110 valence electrons. The highest BCUT2D eigenvalue weighted by Crippen LogP contribution is 2.27. The zero-order valence-corrected chi connectivity index (χ0v) is 13.7. The van der Waals surface area contributed by atoms with Crippen LogP contribution in [0, 0.1) is 6.92 Å². The van der Waals surface area contributed by atoms with Gasteiger partial charge in [0.1, 0.15) is 11.4 Å². The van der Waals surface area contributed by atoms with E-state index in [2.05, 4.69) is 22.6 Å². The summed E-state index contributed by atoms with van der Waals surface area (Å²) in [5.41, 5.74) is 2.34. The zero-order chi connectivity index (χ0) is 15.4. The Morgan fingerprint density at radius 3 is 2.41 bits per heavy atom. The van der Waals surface area contributed by atoms with E-state index in [1.54, 1.807) is 17.6 Å². The van der Waals surface area contributed by atoms with E-state index in [-0.39, 0.29) is 0 Å². The van der Waals surface area contributed by atoms with Crippen LogP contribution in [0.1, 0.15) is 10.4 Å². The first-order chi connectivity index (χ1) is 10.7. The quantitative estimate of drug-likeness (QED) is 0.498. The van der Waals surface area contributed by atoms with E-state index in [4.69, 9.17) is 0 Å². The van der Waals surface area contributed by atoms with Gasteiger partial charge in [0, 0.05) is 4.88 Å². The maximum Gasteiger partial charge on any atom is 0.182 e. The van der Waals surface area contributed by atoms with E-state index in [0.29, 0.717) is 0 Å². The van der Waals surface area contributed by atoms with Crippen LogP contribution in [-0.4, -0.2) is 10.8 Å². The highest BCUT2D eigenvalue weighted by Gasteiger charge is 2.09. The van der Waals surface area contributed by atoms with Crippen LogP contribution in [0.5, 0.6) is 0 Å². The van der Waals surface area contributed by atoms with Crippen molar-refractivity contribution < 1.29 is 4.55 Å². The molecule has 0 radical (unpaired) electrons. The summed E-state index contributed by atoms with van der Waals surface area (Å²) in [6, 6.07) is 21.9. The molecule has 2 nitrogen and oxygen atoms in total. The Morgan fingerprint density at radius 1 is 0.955 bits per heavy atom. The molecular formula is C18H15NOS2. The SMILES string of the molecule is Cc1ccc([S+]([O-])N=Cc2ccc(-c3ccccc3)s2)cc1. The number of benzene rings is 2. The Balaban J connectivity index is 1.73. The van der Waals surface area contributed by atoms with Gasteiger partial charge >= 0.3 is 0 Å². The predicted molar refractivity (Wildman–Crippen MR) is 94.9 cm³/mol. The Bertz CT molecular complexity index is 763. The Kier molecular flexibility index (Phi) is 4.73. The molecule has 1 aromatic heterocycles. The normalized spacial score (nSPS) is 12.6. The number of hydrogen-bond acceptors (Lipinski definition) is 3. The summed E-state index contributed by atoms with van der Waals surface area (Å²) in [5.74, 6) is 0. The molecule has 0 aliphatic carbocycles. The average molecular weight is 325 g/mol. The van der Waals surface area contributed by atoms with Crippen molar-refractivity contribution in [1.82, 2.24) is 0 Å². The molecule has 1 atom stereocenters. The van der Waals surface area contributed by atoms with Crippen LogP contribution in [0.25, 0.3) is 10.4 Å². The first kappa shape index (κ1) is 15.0. The molecular weight excluding hydrogens is 310 g/mol. The van der Waals surface area contributed by atoms with Gasteiger partial charge in [-0.3, -0.25) is 0 Å². The summed E-state index contributed by atoms with van der Waals surface area (Å²) in [4.78, 5) is 2.91. The van der Waals surface area contributed by atoms with E-state index < -0.39 is 11.4 Å². The molecule has 0 fully saturated rings. The van der Waals surface area contributed by atoms with Crippen LogP contribution < -0.4 is 0 Å². The van der Waals surface area contributed by atoms with Crippen LogP contribution in [-0.2, 0) is 11.4 Å². The number of nitrogens with zero attached hydrogens (tertiary/aromatic N) is 1. The summed E-state index contributed by atoms with van der Waals surface area (Å²) < 4.78 is 16.3. The smallest absolute Gasteiger partial charge is 0.182 e. The number of thiophene rings is 1. The fourth-order valence-electron chi connectivity index (χ4n) is 2.00. The summed E-state index contributed by atoms with van der Waals surface area (Å²) in [6.07, 6.45) is 1.69. The van der Waals surface area contributed by atoms with Gasteiger partial charge in [-0.1, -0.05) is 52.4 Å².